The van der Waals surface area contributed by atoms with Gasteiger partial charge >= 0.3 is 164 Å². The SMILES string of the molecule is COc1cccc(C[Se]C(Cn2ccnc2)c2ccc(Cl)cc2Cl)c1. The van der Waals surface area contributed by atoms with E-state index in [1.165, 1.54) is 5.56 Å². The van der Waals surface area contributed by atoms with Crippen LogP contribution in [0.5, 0.6) is 5.75 Å². The van der Waals surface area contributed by atoms with Gasteiger partial charge in [0.2, 0.25) is 0 Å². The van der Waals surface area contributed by atoms with Crippen LogP contribution in [0.15, 0.2) is 61.2 Å². The maximum atomic E-state index is 6.47. The summed E-state index contributed by atoms with van der Waals surface area (Å²) in [5, 5.41) is 2.39. The Balaban J connectivity index is 1.80. The molecule has 25 heavy (non-hydrogen) atoms. The van der Waals surface area contributed by atoms with Crippen molar-refractivity contribution in [3.63, 3.8) is 0 Å². The molecule has 1 heterocycles. The number of imidazole rings is 1. The summed E-state index contributed by atoms with van der Waals surface area (Å²) >= 11 is 12.9. The fourth-order valence-electron chi connectivity index (χ4n) is 2.55. The van der Waals surface area contributed by atoms with E-state index in [4.69, 9.17) is 27.9 Å². The molecule has 0 radical (unpaired) electrons. The zero-order valence-corrected chi connectivity index (χ0v) is 17.0. The predicted octanol–water partition coefficient (Wildman–Crippen LogP) is 4.84. The van der Waals surface area contributed by atoms with E-state index in [1.807, 2.05) is 42.9 Å². The molecule has 0 fully saturated rings. The van der Waals surface area contributed by atoms with Gasteiger partial charge < -0.3 is 0 Å². The molecular weight excluding hydrogens is 422 g/mol. The Morgan fingerprint density at radius 2 is 2.08 bits per heavy atom. The van der Waals surface area contributed by atoms with Gasteiger partial charge in [-0.2, -0.15) is 0 Å². The second-order valence-corrected chi connectivity index (χ2v) is 8.92. The molecule has 0 aliphatic heterocycles. The third kappa shape index (κ3) is 5.02. The molecule has 130 valence electrons. The van der Waals surface area contributed by atoms with Crippen LogP contribution < -0.4 is 4.74 Å². The van der Waals surface area contributed by atoms with Crippen molar-refractivity contribution in [1.82, 2.24) is 9.55 Å². The van der Waals surface area contributed by atoms with Crippen molar-refractivity contribution >= 4 is 38.2 Å². The molecule has 0 aliphatic rings. The molecule has 0 bridgehead atoms. The molecule has 1 unspecified atom stereocenters. The van der Waals surface area contributed by atoms with Crippen molar-refractivity contribution in [3.05, 3.63) is 82.4 Å². The van der Waals surface area contributed by atoms with Gasteiger partial charge in [-0.3, -0.25) is 0 Å². The molecule has 0 saturated heterocycles. The quantitative estimate of drug-likeness (QED) is 0.492. The number of methoxy groups -OCH3 is 1. The van der Waals surface area contributed by atoms with Gasteiger partial charge in [0.25, 0.3) is 0 Å². The van der Waals surface area contributed by atoms with E-state index in [0.29, 0.717) is 24.8 Å². The van der Waals surface area contributed by atoms with E-state index < -0.39 is 0 Å². The molecule has 0 spiro atoms. The van der Waals surface area contributed by atoms with Gasteiger partial charge in [-0.25, -0.2) is 0 Å². The monoisotopic (exact) mass is 440 g/mol. The summed E-state index contributed by atoms with van der Waals surface area (Å²) in [6, 6.07) is 14.0. The van der Waals surface area contributed by atoms with E-state index in [-0.39, 0.29) is 0 Å². The molecule has 1 aromatic heterocycles. The summed E-state index contributed by atoms with van der Waals surface area (Å²) < 4.78 is 7.42. The van der Waals surface area contributed by atoms with Gasteiger partial charge in [-0.15, -0.1) is 0 Å². The van der Waals surface area contributed by atoms with E-state index in [2.05, 4.69) is 21.7 Å². The fraction of sp³-hybridized carbons (Fsp3) is 0.211. The Morgan fingerprint density at radius 3 is 2.80 bits per heavy atom. The average Bonchev–Trinajstić information content (AvgIpc) is 3.12. The molecule has 0 aliphatic carbocycles. The zero-order valence-electron chi connectivity index (χ0n) is 13.7. The summed E-state index contributed by atoms with van der Waals surface area (Å²) in [5.41, 5.74) is 2.42. The summed E-state index contributed by atoms with van der Waals surface area (Å²) in [7, 11) is 1.69. The number of hydrogen-bond donors (Lipinski definition) is 0. The average molecular weight is 440 g/mol. The molecule has 3 rings (SSSR count). The first-order valence-corrected chi connectivity index (χ1v) is 10.8. The predicted molar refractivity (Wildman–Crippen MR) is 104 cm³/mol. The van der Waals surface area contributed by atoms with E-state index >= 15 is 0 Å². The molecule has 3 nitrogen and oxygen atoms in total. The van der Waals surface area contributed by atoms with Crippen LogP contribution in [-0.2, 0) is 11.9 Å². The number of benzene rings is 2. The van der Waals surface area contributed by atoms with Crippen LogP contribution in [-0.4, -0.2) is 31.6 Å². The molecule has 6 heteroatoms. The van der Waals surface area contributed by atoms with Gasteiger partial charge in [-0.1, -0.05) is 0 Å². The van der Waals surface area contributed by atoms with E-state index in [1.54, 1.807) is 13.3 Å². The Labute approximate surface area is 164 Å². The van der Waals surface area contributed by atoms with Gasteiger partial charge in [0.05, 0.1) is 0 Å². The van der Waals surface area contributed by atoms with Crippen LogP contribution in [0.1, 0.15) is 15.9 Å². The fourth-order valence-corrected chi connectivity index (χ4v) is 5.83. The molecule has 0 N–H and O–H groups in total. The number of halogens is 2. The maximum absolute atomic E-state index is 6.47. The van der Waals surface area contributed by atoms with E-state index in [9.17, 15) is 0 Å². The first-order chi connectivity index (χ1) is 12.2. The topological polar surface area (TPSA) is 27.1 Å². The second-order valence-electron chi connectivity index (χ2n) is 5.58. The third-order valence-electron chi connectivity index (χ3n) is 3.83. The van der Waals surface area contributed by atoms with Crippen molar-refractivity contribution < 1.29 is 4.74 Å². The Kier molecular flexibility index (Phi) is 6.44. The van der Waals surface area contributed by atoms with Crippen LogP contribution in [0.3, 0.4) is 0 Å². The Bertz CT molecular complexity index is 824. The number of hydrogen-bond acceptors (Lipinski definition) is 2. The summed E-state index contributed by atoms with van der Waals surface area (Å²) in [4.78, 5) is 4.48. The first-order valence-electron chi connectivity index (χ1n) is 7.81. The van der Waals surface area contributed by atoms with Gasteiger partial charge in [0.1, 0.15) is 0 Å². The standard InChI is InChI=1S/C19H18Cl2N2OSe/c1-24-16-4-2-3-14(9-16)12-25-19(11-23-8-7-22-13-23)17-6-5-15(20)10-18(17)21/h2-10,13,19H,11-12H2,1H3. The van der Waals surface area contributed by atoms with Gasteiger partial charge in [0, 0.05) is 0 Å². The number of aromatic nitrogens is 2. The van der Waals surface area contributed by atoms with Crippen LogP contribution in [0.2, 0.25) is 10.0 Å². The molecular formula is C19H18Cl2N2OSe. The first kappa shape index (κ1) is 18.3. The summed E-state index contributed by atoms with van der Waals surface area (Å²) in [5.74, 6) is 0.893. The summed E-state index contributed by atoms with van der Waals surface area (Å²) in [6.07, 6.45) is 5.63. The van der Waals surface area contributed by atoms with Crippen molar-refractivity contribution in [3.8, 4) is 5.75 Å². The van der Waals surface area contributed by atoms with Crippen molar-refractivity contribution in [1.29, 1.82) is 0 Å². The number of rotatable bonds is 7. The Hall–Kier alpha value is -1.45. The van der Waals surface area contributed by atoms with Crippen LogP contribution in [0, 0.1) is 0 Å². The molecule has 1 atom stereocenters. The van der Waals surface area contributed by atoms with Crippen LogP contribution >= 0.6 is 23.2 Å². The van der Waals surface area contributed by atoms with Crippen LogP contribution in [0.4, 0.5) is 0 Å². The molecule has 0 amide bonds. The zero-order chi connectivity index (χ0) is 17.6. The third-order valence-corrected chi connectivity index (χ3v) is 7.13. The number of ether oxygens (including phenoxy) is 1. The molecule has 3 aromatic rings. The van der Waals surface area contributed by atoms with Gasteiger partial charge in [0.15, 0.2) is 0 Å². The molecule has 2 aromatic carbocycles. The molecule has 0 saturated carbocycles. The van der Waals surface area contributed by atoms with Crippen molar-refractivity contribution in [2.24, 2.45) is 0 Å². The second kappa shape index (κ2) is 8.77. The van der Waals surface area contributed by atoms with Crippen molar-refractivity contribution in [2.75, 3.05) is 7.11 Å². The van der Waals surface area contributed by atoms with Crippen LogP contribution in [0.25, 0.3) is 0 Å². The normalized spacial score (nSPS) is 12.1. The minimum atomic E-state index is 0.314. The van der Waals surface area contributed by atoms with E-state index in [0.717, 1.165) is 28.2 Å². The summed E-state index contributed by atoms with van der Waals surface area (Å²) in [6.45, 7) is 0.853. The number of nitrogens with zero attached hydrogens (tertiary/aromatic N) is 2. The minimum absolute atomic E-state index is 0.314. The van der Waals surface area contributed by atoms with Gasteiger partial charge in [-0.05, 0) is 0 Å². The van der Waals surface area contributed by atoms with Crippen molar-refractivity contribution in [2.45, 2.75) is 16.7 Å². The Morgan fingerprint density at radius 1 is 1.20 bits per heavy atom.